The highest BCUT2D eigenvalue weighted by Crippen LogP contribution is 2.23. The van der Waals surface area contributed by atoms with Crippen LogP contribution in [0.1, 0.15) is 12.8 Å². The third-order valence-electron chi connectivity index (χ3n) is 2.73. The quantitative estimate of drug-likeness (QED) is 0.565. The molecule has 0 saturated heterocycles. The third-order valence-corrected chi connectivity index (χ3v) is 3.65. The molecule has 2 aromatic rings. The van der Waals surface area contributed by atoms with E-state index in [1.807, 2.05) is 24.3 Å². The zero-order valence-corrected chi connectivity index (χ0v) is 12.0. The number of ether oxygens (including phenoxy) is 1. The van der Waals surface area contributed by atoms with Crippen LogP contribution >= 0.6 is 11.8 Å². The number of benzene rings is 1. The molecule has 0 aliphatic rings. The normalized spacial score (nSPS) is 11.2. The maximum absolute atomic E-state index is 5.65. The summed E-state index contributed by atoms with van der Waals surface area (Å²) in [6.45, 7) is 2.74. The van der Waals surface area contributed by atoms with Crippen molar-refractivity contribution in [2.75, 3.05) is 32.6 Å². The SMILES string of the molecule is COCCNCCCCSc1nc2ccccc2o1. The summed E-state index contributed by atoms with van der Waals surface area (Å²) in [5, 5.41) is 4.10. The molecule has 1 N–H and O–H groups in total. The lowest BCUT2D eigenvalue weighted by molar-refractivity contribution is 0.199. The van der Waals surface area contributed by atoms with Crippen LogP contribution in [0.2, 0.25) is 0 Å². The summed E-state index contributed by atoms with van der Waals surface area (Å²) < 4.78 is 10.6. The highest BCUT2D eigenvalue weighted by molar-refractivity contribution is 7.99. The molecular formula is C14H20N2O2S. The minimum atomic E-state index is 0.772. The highest BCUT2D eigenvalue weighted by atomic mass is 32.2. The van der Waals surface area contributed by atoms with Gasteiger partial charge in [-0.05, 0) is 31.5 Å². The molecule has 0 fully saturated rings. The van der Waals surface area contributed by atoms with Crippen LogP contribution in [0.4, 0.5) is 0 Å². The average Bonchev–Trinajstić information content (AvgIpc) is 2.84. The Labute approximate surface area is 117 Å². The summed E-state index contributed by atoms with van der Waals surface area (Å²) in [6, 6.07) is 7.87. The van der Waals surface area contributed by atoms with Gasteiger partial charge in [0, 0.05) is 19.4 Å². The molecule has 4 nitrogen and oxygen atoms in total. The van der Waals surface area contributed by atoms with Crippen molar-refractivity contribution in [1.82, 2.24) is 10.3 Å². The van der Waals surface area contributed by atoms with Crippen LogP contribution in [0, 0.1) is 0 Å². The number of hydrogen-bond donors (Lipinski definition) is 1. The molecule has 19 heavy (non-hydrogen) atoms. The van der Waals surface area contributed by atoms with E-state index in [-0.39, 0.29) is 0 Å². The van der Waals surface area contributed by atoms with Crippen molar-refractivity contribution in [2.24, 2.45) is 0 Å². The minimum absolute atomic E-state index is 0.772. The van der Waals surface area contributed by atoms with E-state index in [0.717, 1.165) is 54.6 Å². The van der Waals surface area contributed by atoms with Crippen LogP contribution in [0.25, 0.3) is 11.1 Å². The number of thioether (sulfide) groups is 1. The number of methoxy groups -OCH3 is 1. The number of oxazole rings is 1. The van der Waals surface area contributed by atoms with Crippen molar-refractivity contribution >= 4 is 22.9 Å². The van der Waals surface area contributed by atoms with Gasteiger partial charge in [-0.25, -0.2) is 4.98 Å². The van der Waals surface area contributed by atoms with E-state index in [0.29, 0.717) is 0 Å². The lowest BCUT2D eigenvalue weighted by atomic mass is 10.3. The number of fused-ring (bicyclic) bond motifs is 1. The molecule has 0 atom stereocenters. The van der Waals surface area contributed by atoms with Gasteiger partial charge in [-0.3, -0.25) is 0 Å². The monoisotopic (exact) mass is 280 g/mol. The molecule has 5 heteroatoms. The molecule has 0 unspecified atom stereocenters. The summed E-state index contributed by atoms with van der Waals surface area (Å²) in [4.78, 5) is 4.44. The van der Waals surface area contributed by atoms with E-state index < -0.39 is 0 Å². The van der Waals surface area contributed by atoms with Gasteiger partial charge in [0.15, 0.2) is 5.58 Å². The molecule has 1 aromatic carbocycles. The van der Waals surface area contributed by atoms with Gasteiger partial charge in [0.05, 0.1) is 6.61 Å². The fraction of sp³-hybridized carbons (Fsp3) is 0.500. The Morgan fingerprint density at radius 2 is 2.16 bits per heavy atom. The number of para-hydroxylation sites is 2. The van der Waals surface area contributed by atoms with E-state index >= 15 is 0 Å². The van der Waals surface area contributed by atoms with E-state index in [9.17, 15) is 0 Å². The molecule has 1 heterocycles. The first-order valence-electron chi connectivity index (χ1n) is 6.58. The van der Waals surface area contributed by atoms with E-state index in [4.69, 9.17) is 9.15 Å². The van der Waals surface area contributed by atoms with Crippen LogP contribution in [0.15, 0.2) is 33.9 Å². The number of hydrogen-bond acceptors (Lipinski definition) is 5. The Balaban J connectivity index is 1.60. The minimum Gasteiger partial charge on any atom is -0.431 e. The first kappa shape index (κ1) is 14.4. The van der Waals surface area contributed by atoms with Gasteiger partial charge in [-0.2, -0.15) is 0 Å². The fourth-order valence-electron chi connectivity index (χ4n) is 1.72. The number of aromatic nitrogens is 1. The topological polar surface area (TPSA) is 47.3 Å². The predicted octanol–water partition coefficient (Wildman–Crippen LogP) is 2.94. The van der Waals surface area contributed by atoms with Gasteiger partial charge >= 0.3 is 0 Å². The second kappa shape index (κ2) is 8.19. The maximum atomic E-state index is 5.65. The van der Waals surface area contributed by atoms with Crippen LogP contribution < -0.4 is 5.32 Å². The summed E-state index contributed by atoms with van der Waals surface area (Å²) in [6.07, 6.45) is 2.32. The van der Waals surface area contributed by atoms with Crippen molar-refractivity contribution in [3.63, 3.8) is 0 Å². The zero-order chi connectivity index (χ0) is 13.3. The highest BCUT2D eigenvalue weighted by Gasteiger charge is 2.04. The standard InChI is InChI=1S/C14H20N2O2S/c1-17-10-9-15-8-4-5-11-19-14-16-12-6-2-3-7-13(12)18-14/h2-3,6-7,15H,4-5,8-11H2,1H3. The number of rotatable bonds is 9. The molecule has 0 aliphatic carbocycles. The average molecular weight is 280 g/mol. The predicted molar refractivity (Wildman–Crippen MR) is 78.7 cm³/mol. The largest absolute Gasteiger partial charge is 0.431 e. The van der Waals surface area contributed by atoms with Crippen molar-refractivity contribution in [3.05, 3.63) is 24.3 Å². The summed E-state index contributed by atoms with van der Waals surface area (Å²) in [7, 11) is 1.72. The molecule has 0 radical (unpaired) electrons. The Morgan fingerprint density at radius 3 is 3.00 bits per heavy atom. The first-order valence-corrected chi connectivity index (χ1v) is 7.57. The zero-order valence-electron chi connectivity index (χ0n) is 11.2. The Hall–Kier alpha value is -1.04. The van der Waals surface area contributed by atoms with Crippen molar-refractivity contribution in [1.29, 1.82) is 0 Å². The van der Waals surface area contributed by atoms with Gasteiger partial charge < -0.3 is 14.5 Å². The molecule has 104 valence electrons. The number of nitrogens with zero attached hydrogens (tertiary/aromatic N) is 1. The maximum Gasteiger partial charge on any atom is 0.256 e. The second-order valence-electron chi connectivity index (χ2n) is 4.25. The Bertz CT molecular complexity index is 454. The first-order chi connectivity index (χ1) is 9.40. The molecule has 0 aliphatic heterocycles. The lowest BCUT2D eigenvalue weighted by Crippen LogP contribution is -2.20. The molecule has 0 saturated carbocycles. The number of nitrogens with one attached hydrogen (secondary N) is 1. The van der Waals surface area contributed by atoms with E-state index in [1.54, 1.807) is 18.9 Å². The van der Waals surface area contributed by atoms with Crippen molar-refractivity contribution in [3.8, 4) is 0 Å². The molecular weight excluding hydrogens is 260 g/mol. The second-order valence-corrected chi connectivity index (χ2v) is 5.29. The smallest absolute Gasteiger partial charge is 0.256 e. The van der Waals surface area contributed by atoms with Gasteiger partial charge in [0.25, 0.3) is 5.22 Å². The van der Waals surface area contributed by atoms with E-state index in [2.05, 4.69) is 10.3 Å². The molecule has 2 rings (SSSR count). The van der Waals surface area contributed by atoms with Crippen LogP contribution in [0.3, 0.4) is 0 Å². The summed E-state index contributed by atoms with van der Waals surface area (Å²) in [5.74, 6) is 1.04. The molecule has 1 aromatic heterocycles. The fourth-order valence-corrected chi connectivity index (χ4v) is 2.56. The van der Waals surface area contributed by atoms with E-state index in [1.165, 1.54) is 0 Å². The number of unbranched alkanes of at least 4 members (excludes halogenated alkanes) is 1. The molecule has 0 spiro atoms. The van der Waals surface area contributed by atoms with Crippen LogP contribution in [-0.4, -0.2) is 37.5 Å². The molecule has 0 bridgehead atoms. The summed E-state index contributed by atoms with van der Waals surface area (Å²) >= 11 is 1.68. The lowest BCUT2D eigenvalue weighted by Gasteiger charge is -2.02. The van der Waals surface area contributed by atoms with Crippen molar-refractivity contribution < 1.29 is 9.15 Å². The van der Waals surface area contributed by atoms with Crippen LogP contribution in [0.5, 0.6) is 0 Å². The van der Waals surface area contributed by atoms with Gasteiger partial charge in [0.2, 0.25) is 0 Å². The van der Waals surface area contributed by atoms with Gasteiger partial charge in [-0.1, -0.05) is 23.9 Å². The van der Waals surface area contributed by atoms with Crippen LogP contribution in [-0.2, 0) is 4.74 Å². The van der Waals surface area contributed by atoms with Crippen molar-refractivity contribution in [2.45, 2.75) is 18.1 Å². The third kappa shape index (κ3) is 4.86. The molecule has 0 amide bonds. The Kier molecular flexibility index (Phi) is 6.20. The summed E-state index contributed by atoms with van der Waals surface area (Å²) in [5.41, 5.74) is 1.80. The van der Waals surface area contributed by atoms with Gasteiger partial charge in [0.1, 0.15) is 5.52 Å². The van der Waals surface area contributed by atoms with Gasteiger partial charge in [-0.15, -0.1) is 0 Å². The Morgan fingerprint density at radius 1 is 1.26 bits per heavy atom.